The van der Waals surface area contributed by atoms with Gasteiger partial charge in [0.05, 0.1) is 0 Å². The van der Waals surface area contributed by atoms with Gasteiger partial charge in [-0.3, -0.25) is 4.90 Å². The summed E-state index contributed by atoms with van der Waals surface area (Å²) in [5.74, 6) is -1.02. The second kappa shape index (κ2) is 5.09. The van der Waals surface area contributed by atoms with Crippen LogP contribution in [0.15, 0.2) is 0 Å². The molecule has 4 nitrogen and oxygen atoms in total. The normalized spacial score (nSPS) is 11.0. The minimum absolute atomic E-state index is 0.00778. The van der Waals surface area contributed by atoms with Crippen LogP contribution in [-0.4, -0.2) is 56.5 Å². The molecular weight excluding hydrogens is 144 g/mol. The zero-order chi connectivity index (χ0) is 8.85. The molecule has 0 amide bonds. The Labute approximate surface area is 67.4 Å². The third-order valence-electron chi connectivity index (χ3n) is 1.33. The van der Waals surface area contributed by atoms with E-state index in [9.17, 15) is 9.90 Å². The van der Waals surface area contributed by atoms with E-state index in [1.165, 1.54) is 0 Å². The molecule has 0 aliphatic rings. The summed E-state index contributed by atoms with van der Waals surface area (Å²) in [5.41, 5.74) is 0. The minimum Gasteiger partial charge on any atom is -0.308 e. The van der Waals surface area contributed by atoms with Gasteiger partial charge >= 0.3 is 5.97 Å². The van der Waals surface area contributed by atoms with Gasteiger partial charge in [0.2, 0.25) is 0 Å². The van der Waals surface area contributed by atoms with Crippen LogP contribution in [0, 0.1) is 0 Å². The van der Waals surface area contributed by atoms with Crippen LogP contribution in [0.25, 0.3) is 0 Å². The van der Waals surface area contributed by atoms with Crippen molar-refractivity contribution in [3.05, 3.63) is 0 Å². The molecule has 0 aromatic carbocycles. The second-order valence-corrected chi connectivity index (χ2v) is 2.91. The fraction of sp³-hybridized carbons (Fsp3) is 0.857. The van der Waals surface area contributed by atoms with Crippen molar-refractivity contribution < 1.29 is 9.90 Å². The molecule has 0 aromatic heterocycles. The van der Waals surface area contributed by atoms with Gasteiger partial charge in [-0.2, -0.15) is 0 Å². The molecule has 1 radical (unpaired) electrons. The van der Waals surface area contributed by atoms with E-state index in [1.54, 1.807) is 11.9 Å². The SMILES string of the molecule is CN(C)CCN(C)CC([O])=O. The topological polar surface area (TPSA) is 43.5 Å². The number of carbonyl (C=O) groups excluding carboxylic acids is 1. The van der Waals surface area contributed by atoms with E-state index >= 15 is 0 Å². The first-order valence-corrected chi connectivity index (χ1v) is 3.55. The van der Waals surface area contributed by atoms with Crippen molar-refractivity contribution in [3.63, 3.8) is 0 Å². The Balaban J connectivity index is 3.37. The Morgan fingerprint density at radius 3 is 2.09 bits per heavy atom. The lowest BCUT2D eigenvalue weighted by Gasteiger charge is -2.16. The third kappa shape index (κ3) is 7.29. The first-order valence-electron chi connectivity index (χ1n) is 3.55. The van der Waals surface area contributed by atoms with Gasteiger partial charge in [0.1, 0.15) is 6.54 Å². The predicted molar refractivity (Wildman–Crippen MR) is 41.7 cm³/mol. The highest BCUT2D eigenvalue weighted by Crippen LogP contribution is 1.83. The van der Waals surface area contributed by atoms with Crippen molar-refractivity contribution in [2.75, 3.05) is 40.8 Å². The molecule has 0 heterocycles. The smallest absolute Gasteiger partial charge is 0.308 e. The van der Waals surface area contributed by atoms with E-state index in [2.05, 4.69) is 0 Å². The number of carbonyl (C=O) groups is 1. The van der Waals surface area contributed by atoms with Crippen LogP contribution < -0.4 is 0 Å². The van der Waals surface area contributed by atoms with Crippen LogP contribution in [0.4, 0.5) is 0 Å². The van der Waals surface area contributed by atoms with Gasteiger partial charge in [0, 0.05) is 13.1 Å². The monoisotopic (exact) mass is 159 g/mol. The van der Waals surface area contributed by atoms with Crippen LogP contribution in [0.5, 0.6) is 0 Å². The third-order valence-corrected chi connectivity index (χ3v) is 1.33. The maximum atomic E-state index is 10.1. The molecule has 0 rings (SSSR count). The predicted octanol–water partition coefficient (Wildman–Crippen LogP) is -0.563. The highest BCUT2D eigenvalue weighted by Gasteiger charge is 2.04. The maximum absolute atomic E-state index is 10.1. The highest BCUT2D eigenvalue weighted by molar-refractivity contribution is 5.68. The van der Waals surface area contributed by atoms with Crippen LogP contribution in [0.2, 0.25) is 0 Å². The summed E-state index contributed by atoms with van der Waals surface area (Å²) in [6.45, 7) is 1.62. The lowest BCUT2D eigenvalue weighted by Crippen LogP contribution is -2.32. The van der Waals surface area contributed by atoms with Crippen molar-refractivity contribution in [2.24, 2.45) is 0 Å². The molecule has 0 bridgehead atoms. The molecule has 0 atom stereocenters. The van der Waals surface area contributed by atoms with Crippen LogP contribution in [0.3, 0.4) is 0 Å². The molecule has 0 aliphatic heterocycles. The Morgan fingerprint density at radius 1 is 1.18 bits per heavy atom. The van der Waals surface area contributed by atoms with Gasteiger partial charge in [-0.25, -0.2) is 9.90 Å². The molecule has 11 heavy (non-hydrogen) atoms. The number of rotatable bonds is 5. The lowest BCUT2D eigenvalue weighted by atomic mass is 10.5. The average Bonchev–Trinajstić information content (AvgIpc) is 1.82. The molecule has 0 fully saturated rings. The molecular formula is C7H15N2O2. The maximum Gasteiger partial charge on any atom is 0.369 e. The van der Waals surface area contributed by atoms with E-state index < -0.39 is 5.97 Å². The van der Waals surface area contributed by atoms with E-state index in [0.717, 1.165) is 13.1 Å². The summed E-state index contributed by atoms with van der Waals surface area (Å²) < 4.78 is 0. The largest absolute Gasteiger partial charge is 0.369 e. The van der Waals surface area contributed by atoms with Gasteiger partial charge in [-0.1, -0.05) is 0 Å². The molecule has 0 saturated heterocycles. The second-order valence-electron chi connectivity index (χ2n) is 2.91. The average molecular weight is 159 g/mol. The Hall–Kier alpha value is -0.610. The van der Waals surface area contributed by atoms with E-state index in [4.69, 9.17) is 0 Å². The zero-order valence-corrected chi connectivity index (χ0v) is 7.33. The lowest BCUT2D eigenvalue weighted by molar-refractivity contribution is -0.144. The van der Waals surface area contributed by atoms with Crippen molar-refractivity contribution in [1.29, 1.82) is 0 Å². The zero-order valence-electron chi connectivity index (χ0n) is 7.33. The Bertz CT molecular complexity index is 126. The Morgan fingerprint density at radius 2 is 1.73 bits per heavy atom. The van der Waals surface area contributed by atoms with Gasteiger partial charge in [0.25, 0.3) is 0 Å². The summed E-state index contributed by atoms with van der Waals surface area (Å²) in [4.78, 5) is 13.8. The number of likely N-dealkylation sites (N-methyl/N-ethyl adjacent to an activating group) is 2. The van der Waals surface area contributed by atoms with Crippen molar-refractivity contribution in [2.45, 2.75) is 0 Å². The number of hydrogen-bond donors (Lipinski definition) is 0. The number of nitrogens with zero attached hydrogens (tertiary/aromatic N) is 2. The standard InChI is InChI=1S/C7H15N2O2/c1-8(2)4-5-9(3)6-7(10)11/h4-6H2,1-3H3. The van der Waals surface area contributed by atoms with Crippen molar-refractivity contribution in [1.82, 2.24) is 9.80 Å². The summed E-state index contributed by atoms with van der Waals surface area (Å²) in [5, 5.41) is 10.1. The van der Waals surface area contributed by atoms with Crippen LogP contribution >= 0.6 is 0 Å². The van der Waals surface area contributed by atoms with Gasteiger partial charge in [0.15, 0.2) is 0 Å². The molecule has 65 valence electrons. The molecule has 0 aliphatic carbocycles. The molecule has 0 unspecified atom stereocenters. The van der Waals surface area contributed by atoms with E-state index in [1.807, 2.05) is 19.0 Å². The fourth-order valence-corrected chi connectivity index (χ4v) is 0.670. The highest BCUT2D eigenvalue weighted by atomic mass is 16.4. The van der Waals surface area contributed by atoms with Gasteiger partial charge in [-0.05, 0) is 21.1 Å². The summed E-state index contributed by atoms with van der Waals surface area (Å²) in [6, 6.07) is 0. The quantitative estimate of drug-likeness (QED) is 0.540. The molecule has 4 heteroatoms. The van der Waals surface area contributed by atoms with E-state index in [0.29, 0.717) is 0 Å². The van der Waals surface area contributed by atoms with Crippen LogP contribution in [-0.2, 0) is 9.90 Å². The molecule has 0 spiro atoms. The summed E-state index contributed by atoms with van der Waals surface area (Å²) in [6.07, 6.45) is 0. The molecule has 0 aromatic rings. The summed E-state index contributed by atoms with van der Waals surface area (Å²) in [7, 11) is 5.67. The van der Waals surface area contributed by atoms with Crippen molar-refractivity contribution in [3.8, 4) is 0 Å². The fourth-order valence-electron chi connectivity index (χ4n) is 0.670. The first kappa shape index (κ1) is 10.4. The van der Waals surface area contributed by atoms with Crippen LogP contribution in [0.1, 0.15) is 0 Å². The minimum atomic E-state index is -1.02. The molecule has 0 saturated carbocycles. The number of hydrogen-bond acceptors (Lipinski definition) is 3. The molecule has 0 N–H and O–H groups in total. The summed E-state index contributed by atoms with van der Waals surface area (Å²) >= 11 is 0. The van der Waals surface area contributed by atoms with Crippen molar-refractivity contribution >= 4 is 5.97 Å². The van der Waals surface area contributed by atoms with Gasteiger partial charge in [-0.15, -0.1) is 0 Å². The first-order chi connectivity index (χ1) is 5.02. The Kier molecular flexibility index (Phi) is 4.81. The van der Waals surface area contributed by atoms with Gasteiger partial charge < -0.3 is 4.90 Å². The van der Waals surface area contributed by atoms with E-state index in [-0.39, 0.29) is 6.54 Å².